The van der Waals surface area contributed by atoms with Gasteiger partial charge < -0.3 is 10.1 Å². The lowest BCUT2D eigenvalue weighted by Gasteiger charge is -2.16. The Morgan fingerprint density at radius 2 is 1.68 bits per heavy atom. The smallest absolute Gasteiger partial charge is 0.168 e. The number of ketones is 1. The zero-order valence-electron chi connectivity index (χ0n) is 13.0. The summed E-state index contributed by atoms with van der Waals surface area (Å²) in [6.07, 6.45) is 0. The zero-order valence-corrected chi connectivity index (χ0v) is 13.0. The Hall–Kier alpha value is -2.55. The van der Waals surface area contributed by atoms with Crippen molar-refractivity contribution in [3.8, 4) is 17.0 Å². The van der Waals surface area contributed by atoms with Crippen LogP contribution in [0.3, 0.4) is 0 Å². The number of aromatic hydroxyl groups is 1. The molecule has 0 aliphatic carbocycles. The molecule has 0 spiro atoms. The number of aromatic amines is 1. The first-order valence-corrected chi connectivity index (χ1v) is 7.31. The van der Waals surface area contributed by atoms with Crippen LogP contribution < -0.4 is 0 Å². The molecule has 0 bridgehead atoms. The molecule has 0 unspecified atom stereocenters. The van der Waals surface area contributed by atoms with E-state index in [2.05, 4.69) is 4.98 Å². The number of nitrogens with one attached hydrogen (secondary N) is 1. The highest BCUT2D eigenvalue weighted by atomic mass is 16.3. The SMILES string of the molecule is CC(C)(C)C(=O)c1ccc2cc(-c3ccc(O)cc3)[nH]c2c1. The number of phenolic OH excluding ortho intramolecular Hbond substituents is 1. The number of phenols is 1. The van der Waals surface area contributed by atoms with E-state index in [9.17, 15) is 9.90 Å². The van der Waals surface area contributed by atoms with Crippen molar-refractivity contribution >= 4 is 16.7 Å². The number of hydrogen-bond acceptors (Lipinski definition) is 2. The van der Waals surface area contributed by atoms with E-state index in [1.165, 1.54) is 0 Å². The van der Waals surface area contributed by atoms with Crippen molar-refractivity contribution < 1.29 is 9.90 Å². The van der Waals surface area contributed by atoms with E-state index in [0.29, 0.717) is 0 Å². The molecule has 1 aromatic heterocycles. The van der Waals surface area contributed by atoms with Crippen molar-refractivity contribution in [3.63, 3.8) is 0 Å². The largest absolute Gasteiger partial charge is 0.508 e. The quantitative estimate of drug-likeness (QED) is 0.669. The molecule has 0 saturated carbocycles. The molecule has 112 valence electrons. The minimum absolute atomic E-state index is 0.134. The van der Waals surface area contributed by atoms with Crippen LogP contribution in [0.2, 0.25) is 0 Å². The maximum Gasteiger partial charge on any atom is 0.168 e. The van der Waals surface area contributed by atoms with Gasteiger partial charge >= 0.3 is 0 Å². The van der Waals surface area contributed by atoms with Crippen LogP contribution in [0.5, 0.6) is 5.75 Å². The van der Waals surface area contributed by atoms with Crippen LogP contribution in [0.1, 0.15) is 31.1 Å². The van der Waals surface area contributed by atoms with Crippen molar-refractivity contribution in [2.75, 3.05) is 0 Å². The Kier molecular flexibility index (Phi) is 3.28. The summed E-state index contributed by atoms with van der Waals surface area (Å²) in [6, 6.07) is 14.9. The highest BCUT2D eigenvalue weighted by Gasteiger charge is 2.23. The van der Waals surface area contributed by atoms with Gasteiger partial charge in [0.25, 0.3) is 0 Å². The number of carbonyl (C=O) groups excluding carboxylic acids is 1. The van der Waals surface area contributed by atoms with Crippen molar-refractivity contribution in [1.29, 1.82) is 0 Å². The Morgan fingerprint density at radius 3 is 2.32 bits per heavy atom. The van der Waals surface area contributed by atoms with Crippen molar-refractivity contribution in [2.24, 2.45) is 5.41 Å². The van der Waals surface area contributed by atoms with Gasteiger partial charge in [0, 0.05) is 27.6 Å². The molecule has 3 aromatic rings. The zero-order chi connectivity index (χ0) is 15.9. The second-order valence-electron chi connectivity index (χ2n) is 6.61. The molecular formula is C19H19NO2. The topological polar surface area (TPSA) is 53.1 Å². The fraction of sp³-hybridized carbons (Fsp3) is 0.211. The molecule has 1 heterocycles. The number of carbonyl (C=O) groups is 1. The van der Waals surface area contributed by atoms with Crippen LogP contribution in [0, 0.1) is 5.41 Å². The van der Waals surface area contributed by atoms with Crippen LogP contribution in [0.15, 0.2) is 48.5 Å². The van der Waals surface area contributed by atoms with Gasteiger partial charge in [0.2, 0.25) is 0 Å². The summed E-state index contributed by atoms with van der Waals surface area (Å²) in [5, 5.41) is 10.4. The molecule has 0 aliphatic rings. The third kappa shape index (κ3) is 2.62. The molecule has 0 saturated heterocycles. The molecule has 3 rings (SSSR count). The number of fused-ring (bicyclic) bond motifs is 1. The first kappa shape index (κ1) is 14.4. The normalized spacial score (nSPS) is 11.8. The number of H-pyrrole nitrogens is 1. The summed E-state index contributed by atoms with van der Waals surface area (Å²) in [6.45, 7) is 5.78. The average molecular weight is 293 g/mol. The van der Waals surface area contributed by atoms with Crippen LogP contribution in [0.25, 0.3) is 22.2 Å². The number of benzene rings is 2. The van der Waals surface area contributed by atoms with Gasteiger partial charge in [0.1, 0.15) is 5.75 Å². The predicted molar refractivity (Wildman–Crippen MR) is 89.2 cm³/mol. The lowest BCUT2D eigenvalue weighted by Crippen LogP contribution is -2.19. The van der Waals surface area contributed by atoms with E-state index in [4.69, 9.17) is 0 Å². The van der Waals surface area contributed by atoms with Gasteiger partial charge in [-0.1, -0.05) is 32.9 Å². The van der Waals surface area contributed by atoms with Gasteiger partial charge in [0.05, 0.1) is 0 Å². The number of rotatable bonds is 2. The highest BCUT2D eigenvalue weighted by Crippen LogP contribution is 2.28. The van der Waals surface area contributed by atoms with Crippen LogP contribution in [-0.2, 0) is 0 Å². The van der Waals surface area contributed by atoms with Gasteiger partial charge in [-0.05, 0) is 42.0 Å². The third-order valence-corrected chi connectivity index (χ3v) is 3.74. The lowest BCUT2D eigenvalue weighted by atomic mass is 9.86. The summed E-state index contributed by atoms with van der Waals surface area (Å²) in [7, 11) is 0. The fourth-order valence-corrected chi connectivity index (χ4v) is 2.50. The summed E-state index contributed by atoms with van der Waals surface area (Å²) in [5.74, 6) is 0.383. The van der Waals surface area contributed by atoms with Gasteiger partial charge in [0.15, 0.2) is 5.78 Å². The fourth-order valence-electron chi connectivity index (χ4n) is 2.50. The van der Waals surface area contributed by atoms with Gasteiger partial charge in [-0.3, -0.25) is 4.79 Å². The average Bonchev–Trinajstić information content (AvgIpc) is 2.89. The van der Waals surface area contributed by atoms with Crippen LogP contribution in [-0.4, -0.2) is 15.9 Å². The first-order valence-electron chi connectivity index (χ1n) is 7.31. The van der Waals surface area contributed by atoms with Crippen LogP contribution >= 0.6 is 0 Å². The number of hydrogen-bond donors (Lipinski definition) is 2. The Balaban J connectivity index is 2.04. The summed E-state index contributed by atoms with van der Waals surface area (Å²) >= 11 is 0. The Morgan fingerprint density at radius 1 is 1.00 bits per heavy atom. The lowest BCUT2D eigenvalue weighted by molar-refractivity contribution is 0.0858. The standard InChI is InChI=1S/C19H19NO2/c1-19(2,3)18(22)14-5-4-13-10-16(20-17(13)11-14)12-6-8-15(21)9-7-12/h4-11,20-21H,1-3H3. The molecule has 0 radical (unpaired) electrons. The molecular weight excluding hydrogens is 274 g/mol. The van der Waals surface area contributed by atoms with Gasteiger partial charge in [-0.25, -0.2) is 0 Å². The number of aromatic nitrogens is 1. The molecule has 2 N–H and O–H groups in total. The van der Waals surface area contributed by atoms with E-state index < -0.39 is 0 Å². The van der Waals surface area contributed by atoms with E-state index in [0.717, 1.165) is 27.7 Å². The third-order valence-electron chi connectivity index (χ3n) is 3.74. The van der Waals surface area contributed by atoms with E-state index in [1.807, 2.05) is 57.2 Å². The van der Waals surface area contributed by atoms with E-state index in [-0.39, 0.29) is 16.9 Å². The molecule has 2 aromatic carbocycles. The van der Waals surface area contributed by atoms with Crippen molar-refractivity contribution in [1.82, 2.24) is 4.98 Å². The molecule has 22 heavy (non-hydrogen) atoms. The Bertz CT molecular complexity index is 836. The molecule has 3 nitrogen and oxygen atoms in total. The highest BCUT2D eigenvalue weighted by molar-refractivity contribution is 6.02. The van der Waals surface area contributed by atoms with E-state index in [1.54, 1.807) is 12.1 Å². The maximum absolute atomic E-state index is 12.4. The molecule has 0 fully saturated rings. The van der Waals surface area contributed by atoms with Crippen molar-refractivity contribution in [2.45, 2.75) is 20.8 Å². The predicted octanol–water partition coefficient (Wildman–Crippen LogP) is 4.77. The van der Waals surface area contributed by atoms with Crippen molar-refractivity contribution in [3.05, 3.63) is 54.1 Å². The molecule has 0 atom stereocenters. The molecule has 0 amide bonds. The summed E-state index contributed by atoms with van der Waals surface area (Å²) < 4.78 is 0. The minimum Gasteiger partial charge on any atom is -0.508 e. The molecule has 3 heteroatoms. The van der Waals surface area contributed by atoms with Gasteiger partial charge in [-0.15, -0.1) is 0 Å². The van der Waals surface area contributed by atoms with E-state index >= 15 is 0 Å². The monoisotopic (exact) mass is 293 g/mol. The molecule has 0 aliphatic heterocycles. The maximum atomic E-state index is 12.4. The van der Waals surface area contributed by atoms with Gasteiger partial charge in [-0.2, -0.15) is 0 Å². The van der Waals surface area contributed by atoms with Crippen LogP contribution in [0.4, 0.5) is 0 Å². The summed E-state index contributed by atoms with van der Waals surface area (Å²) in [4.78, 5) is 15.7. The second kappa shape index (κ2) is 5.02. The Labute approximate surface area is 129 Å². The number of Topliss-reactive ketones (excluding diaryl/α,β-unsaturated/α-hetero) is 1. The first-order chi connectivity index (χ1) is 10.3. The summed E-state index contributed by atoms with van der Waals surface area (Å²) in [5.41, 5.74) is 3.24. The second-order valence-corrected chi connectivity index (χ2v) is 6.61. The minimum atomic E-state index is -0.389.